The van der Waals surface area contributed by atoms with Crippen molar-refractivity contribution in [2.45, 2.75) is 12.8 Å². The molecule has 0 atom stereocenters. The Morgan fingerprint density at radius 2 is 2.14 bits per heavy atom. The van der Waals surface area contributed by atoms with Crippen LogP contribution in [0.2, 0.25) is 0 Å². The molecule has 5 rings (SSSR count). The van der Waals surface area contributed by atoms with Crippen LogP contribution in [-0.4, -0.2) is 34.3 Å². The Morgan fingerprint density at radius 1 is 1.18 bits per heavy atom. The molecule has 3 aromatic rings. The number of nitrogens with zero attached hydrogens (tertiary/aromatic N) is 4. The Morgan fingerprint density at radius 3 is 3.00 bits per heavy atom. The first-order valence-corrected chi connectivity index (χ1v) is 7.67. The number of fused-ring (bicyclic) bond motifs is 2. The van der Waals surface area contributed by atoms with Crippen molar-refractivity contribution in [3.05, 3.63) is 42.2 Å². The van der Waals surface area contributed by atoms with E-state index in [2.05, 4.69) is 33.3 Å². The number of aromatic nitrogens is 3. The molecule has 2 aromatic heterocycles. The second-order valence-corrected chi connectivity index (χ2v) is 5.79. The van der Waals surface area contributed by atoms with Gasteiger partial charge in [0, 0.05) is 25.1 Å². The third-order valence-corrected chi connectivity index (χ3v) is 4.48. The molecule has 0 unspecified atom stereocenters. The number of hydrogen-bond acceptors (Lipinski definition) is 4. The van der Waals surface area contributed by atoms with Gasteiger partial charge >= 0.3 is 0 Å². The van der Waals surface area contributed by atoms with E-state index >= 15 is 0 Å². The minimum atomic E-state index is 0.771. The van der Waals surface area contributed by atoms with Crippen LogP contribution < -0.4 is 9.64 Å². The lowest BCUT2D eigenvalue weighted by Gasteiger charge is -2.32. The van der Waals surface area contributed by atoms with Crippen molar-refractivity contribution in [2.75, 3.05) is 24.6 Å². The SMILES string of the molecule is [c]1nc2c(N3CCC3)ccnn2c1-c1ccc2c(c1)CCO2. The molecule has 2 aliphatic heterocycles. The zero-order valence-corrected chi connectivity index (χ0v) is 12.1. The second kappa shape index (κ2) is 4.47. The molecule has 0 N–H and O–H groups in total. The highest BCUT2D eigenvalue weighted by Gasteiger charge is 2.20. The minimum absolute atomic E-state index is 0.771. The lowest BCUT2D eigenvalue weighted by Crippen LogP contribution is -2.37. The first kappa shape index (κ1) is 12.0. The number of hydrogen-bond donors (Lipinski definition) is 0. The Bertz CT molecular complexity index is 866. The fraction of sp³-hybridized carbons (Fsp3) is 0.294. The normalized spacial score (nSPS) is 16.5. The molecule has 22 heavy (non-hydrogen) atoms. The minimum Gasteiger partial charge on any atom is -0.493 e. The molecule has 1 radical (unpaired) electrons. The summed E-state index contributed by atoms with van der Waals surface area (Å²) >= 11 is 0. The van der Waals surface area contributed by atoms with E-state index in [0.717, 1.165) is 54.5 Å². The summed E-state index contributed by atoms with van der Waals surface area (Å²) in [4.78, 5) is 6.83. The number of ether oxygens (including phenoxy) is 1. The molecule has 1 aromatic carbocycles. The van der Waals surface area contributed by atoms with Gasteiger partial charge in [-0.05, 0) is 36.2 Å². The molecule has 5 nitrogen and oxygen atoms in total. The van der Waals surface area contributed by atoms with E-state index in [9.17, 15) is 0 Å². The van der Waals surface area contributed by atoms with Gasteiger partial charge in [-0.3, -0.25) is 0 Å². The van der Waals surface area contributed by atoms with Crippen LogP contribution in [0, 0.1) is 6.20 Å². The van der Waals surface area contributed by atoms with E-state index in [1.165, 1.54) is 12.0 Å². The highest BCUT2D eigenvalue weighted by atomic mass is 16.5. The number of anilines is 1. The van der Waals surface area contributed by atoms with Gasteiger partial charge in [-0.15, -0.1) is 0 Å². The Labute approximate surface area is 128 Å². The van der Waals surface area contributed by atoms with Crippen molar-refractivity contribution in [1.29, 1.82) is 0 Å². The quantitative estimate of drug-likeness (QED) is 0.727. The van der Waals surface area contributed by atoms with E-state index in [-0.39, 0.29) is 0 Å². The van der Waals surface area contributed by atoms with Crippen LogP contribution in [0.1, 0.15) is 12.0 Å². The summed E-state index contributed by atoms with van der Waals surface area (Å²) in [6, 6.07) is 8.29. The first-order chi connectivity index (χ1) is 10.9. The summed E-state index contributed by atoms with van der Waals surface area (Å²) < 4.78 is 7.47. The monoisotopic (exact) mass is 291 g/mol. The number of rotatable bonds is 2. The van der Waals surface area contributed by atoms with Crippen molar-refractivity contribution in [3.8, 4) is 17.0 Å². The maximum atomic E-state index is 5.58. The highest BCUT2D eigenvalue weighted by molar-refractivity contribution is 5.74. The van der Waals surface area contributed by atoms with Gasteiger partial charge in [0.05, 0.1) is 18.5 Å². The third-order valence-electron chi connectivity index (χ3n) is 4.48. The van der Waals surface area contributed by atoms with Gasteiger partial charge < -0.3 is 9.64 Å². The third kappa shape index (κ3) is 1.65. The van der Waals surface area contributed by atoms with Crippen LogP contribution in [0.4, 0.5) is 5.69 Å². The summed E-state index contributed by atoms with van der Waals surface area (Å²) in [5, 5.41) is 4.48. The Balaban J connectivity index is 1.66. The van der Waals surface area contributed by atoms with Gasteiger partial charge in [0.15, 0.2) is 5.65 Å². The average molecular weight is 291 g/mol. The maximum Gasteiger partial charge on any atom is 0.178 e. The van der Waals surface area contributed by atoms with Crippen molar-refractivity contribution < 1.29 is 4.74 Å². The zero-order valence-electron chi connectivity index (χ0n) is 12.1. The van der Waals surface area contributed by atoms with Gasteiger partial charge in [0.1, 0.15) is 17.6 Å². The molecule has 5 heteroatoms. The van der Waals surface area contributed by atoms with E-state index in [1.54, 1.807) is 0 Å². The van der Waals surface area contributed by atoms with Gasteiger partial charge in [0.25, 0.3) is 0 Å². The smallest absolute Gasteiger partial charge is 0.178 e. The first-order valence-electron chi connectivity index (χ1n) is 7.67. The fourth-order valence-corrected chi connectivity index (χ4v) is 3.15. The van der Waals surface area contributed by atoms with Gasteiger partial charge in [-0.1, -0.05) is 0 Å². The molecule has 1 saturated heterocycles. The molecule has 109 valence electrons. The summed E-state index contributed by atoms with van der Waals surface area (Å²) in [6.07, 6.45) is 7.20. The van der Waals surface area contributed by atoms with Crippen LogP contribution in [0.5, 0.6) is 5.75 Å². The molecule has 0 aliphatic carbocycles. The zero-order chi connectivity index (χ0) is 14.5. The lowest BCUT2D eigenvalue weighted by molar-refractivity contribution is 0.357. The molecule has 1 fully saturated rings. The van der Waals surface area contributed by atoms with E-state index in [4.69, 9.17) is 4.74 Å². The van der Waals surface area contributed by atoms with Crippen LogP contribution in [-0.2, 0) is 6.42 Å². The van der Waals surface area contributed by atoms with Crippen LogP contribution in [0.3, 0.4) is 0 Å². The largest absolute Gasteiger partial charge is 0.493 e. The van der Waals surface area contributed by atoms with Gasteiger partial charge in [0.2, 0.25) is 0 Å². The number of imidazole rings is 1. The Kier molecular flexibility index (Phi) is 2.44. The molecule has 4 heterocycles. The standard InChI is InChI=1S/C17H15N4O/c1-7-20(8-1)14-4-6-19-21-15(11-18-17(14)21)12-2-3-16-13(10-12)5-9-22-16/h2-4,6,10H,1,5,7-9H2. The summed E-state index contributed by atoms with van der Waals surface area (Å²) in [7, 11) is 0. The predicted octanol–water partition coefficient (Wildman–Crippen LogP) is 2.34. The second-order valence-electron chi connectivity index (χ2n) is 5.79. The predicted molar refractivity (Wildman–Crippen MR) is 83.3 cm³/mol. The topological polar surface area (TPSA) is 42.7 Å². The lowest BCUT2D eigenvalue weighted by atomic mass is 10.1. The molecule has 0 saturated carbocycles. The fourth-order valence-electron chi connectivity index (χ4n) is 3.15. The maximum absolute atomic E-state index is 5.58. The van der Waals surface area contributed by atoms with Crippen LogP contribution >= 0.6 is 0 Å². The van der Waals surface area contributed by atoms with Gasteiger partial charge in [-0.25, -0.2) is 9.50 Å². The van der Waals surface area contributed by atoms with Crippen molar-refractivity contribution in [2.24, 2.45) is 0 Å². The molecule has 0 amide bonds. The average Bonchev–Trinajstić information content (AvgIpc) is 3.11. The van der Waals surface area contributed by atoms with Crippen LogP contribution in [0.25, 0.3) is 16.9 Å². The van der Waals surface area contributed by atoms with Gasteiger partial charge in [-0.2, -0.15) is 5.10 Å². The molecular formula is C17H15N4O. The molecule has 0 spiro atoms. The highest BCUT2D eigenvalue weighted by Crippen LogP contribution is 2.32. The summed E-state index contributed by atoms with van der Waals surface area (Å²) in [5.41, 5.74) is 5.28. The summed E-state index contributed by atoms with van der Waals surface area (Å²) in [5.74, 6) is 0.992. The Hall–Kier alpha value is -2.56. The van der Waals surface area contributed by atoms with Crippen molar-refractivity contribution in [1.82, 2.24) is 14.6 Å². The molecule has 2 aliphatic rings. The van der Waals surface area contributed by atoms with Crippen molar-refractivity contribution >= 4 is 11.3 Å². The molecule has 0 bridgehead atoms. The summed E-state index contributed by atoms with van der Waals surface area (Å²) in [6.45, 7) is 2.96. The number of benzene rings is 1. The van der Waals surface area contributed by atoms with E-state index in [0.29, 0.717) is 0 Å². The van der Waals surface area contributed by atoms with Crippen LogP contribution in [0.15, 0.2) is 30.5 Å². The van der Waals surface area contributed by atoms with E-state index in [1.807, 2.05) is 22.8 Å². The van der Waals surface area contributed by atoms with Crippen molar-refractivity contribution in [3.63, 3.8) is 0 Å². The molecular weight excluding hydrogens is 276 g/mol. The van der Waals surface area contributed by atoms with E-state index < -0.39 is 0 Å².